The molecule has 0 aliphatic rings. The number of hydrogen-bond acceptors (Lipinski definition) is 5. The van der Waals surface area contributed by atoms with Gasteiger partial charge in [0, 0.05) is 5.54 Å². The van der Waals surface area contributed by atoms with Gasteiger partial charge in [0.2, 0.25) is 10.0 Å². The van der Waals surface area contributed by atoms with Crippen LogP contribution in [0.15, 0.2) is 23.1 Å². The highest BCUT2D eigenvalue weighted by Crippen LogP contribution is 2.23. The highest BCUT2D eigenvalue weighted by atomic mass is 35.5. The summed E-state index contributed by atoms with van der Waals surface area (Å²) in [5.41, 5.74) is -0.491. The van der Waals surface area contributed by atoms with Crippen molar-refractivity contribution in [3.05, 3.63) is 28.8 Å². The van der Waals surface area contributed by atoms with Crippen molar-refractivity contribution >= 4 is 33.5 Å². The highest BCUT2D eigenvalue weighted by Gasteiger charge is 2.24. The first kappa shape index (κ1) is 20.4. The fourth-order valence-electron chi connectivity index (χ4n) is 1.70. The van der Waals surface area contributed by atoms with E-state index in [0.717, 1.165) is 6.07 Å². The molecule has 24 heavy (non-hydrogen) atoms. The number of benzene rings is 1. The number of hydrogen-bond donors (Lipinski definition) is 2. The lowest BCUT2D eigenvalue weighted by atomic mass is 10.1. The molecule has 0 radical (unpaired) electrons. The molecule has 0 fully saturated rings. The molecule has 0 aliphatic heterocycles. The molecule has 0 aromatic heterocycles. The molecule has 9 heteroatoms. The number of esters is 1. The average Bonchev–Trinajstić information content (AvgIpc) is 2.45. The topological polar surface area (TPSA) is 102 Å². The van der Waals surface area contributed by atoms with Gasteiger partial charge in [0.25, 0.3) is 5.91 Å². The summed E-state index contributed by atoms with van der Waals surface area (Å²) in [5, 5.41) is 2.66. The zero-order valence-electron chi connectivity index (χ0n) is 14.1. The van der Waals surface area contributed by atoms with Crippen LogP contribution in [0.3, 0.4) is 0 Å². The number of carbonyl (C=O) groups excluding carboxylic acids is 2. The molecular weight excluding hydrogens is 356 g/mol. The number of halogens is 1. The van der Waals surface area contributed by atoms with Gasteiger partial charge >= 0.3 is 5.97 Å². The summed E-state index contributed by atoms with van der Waals surface area (Å²) < 4.78 is 30.9. The predicted molar refractivity (Wildman–Crippen MR) is 90.5 cm³/mol. The van der Waals surface area contributed by atoms with Crippen molar-refractivity contribution in [1.82, 2.24) is 10.0 Å². The number of amides is 1. The van der Waals surface area contributed by atoms with E-state index in [0.29, 0.717) is 0 Å². The molecule has 0 aliphatic carbocycles. The Morgan fingerprint density at radius 3 is 2.33 bits per heavy atom. The summed E-state index contributed by atoms with van der Waals surface area (Å²) in [5.74, 6) is -1.27. The lowest BCUT2D eigenvalue weighted by Crippen LogP contribution is -2.46. The van der Waals surface area contributed by atoms with E-state index in [-0.39, 0.29) is 15.5 Å². The molecule has 0 saturated carbocycles. The number of nitrogens with one attached hydrogen (secondary N) is 2. The first-order valence-electron chi connectivity index (χ1n) is 7.13. The van der Waals surface area contributed by atoms with Crippen LogP contribution in [-0.2, 0) is 19.6 Å². The van der Waals surface area contributed by atoms with Gasteiger partial charge in [0.1, 0.15) is 4.90 Å². The van der Waals surface area contributed by atoms with Crippen LogP contribution in [0, 0.1) is 0 Å². The SMILES string of the molecule is CNS(=O)(=O)c1cc(C(=O)O[C@H](C)C(=O)NC(C)(C)C)ccc1Cl. The van der Waals surface area contributed by atoms with Gasteiger partial charge in [0.05, 0.1) is 10.6 Å². The van der Waals surface area contributed by atoms with Crippen LogP contribution in [0.2, 0.25) is 5.02 Å². The standard InChI is InChI=1S/C15H21ClN2O5S/c1-9(13(19)18-15(2,3)4)23-14(20)10-6-7-11(16)12(8-10)24(21,22)17-5/h6-9,17H,1-5H3,(H,18,19)/t9-/m1/s1. The van der Waals surface area contributed by atoms with Gasteiger partial charge in [0.15, 0.2) is 6.10 Å². The maximum absolute atomic E-state index is 12.1. The fraction of sp³-hybridized carbons (Fsp3) is 0.467. The Morgan fingerprint density at radius 2 is 1.83 bits per heavy atom. The van der Waals surface area contributed by atoms with Crippen LogP contribution in [0.25, 0.3) is 0 Å². The minimum atomic E-state index is -3.82. The third-order valence-electron chi connectivity index (χ3n) is 2.88. The number of rotatable bonds is 5. The first-order valence-corrected chi connectivity index (χ1v) is 8.99. The Kier molecular flexibility index (Phi) is 6.38. The molecule has 1 amide bonds. The second kappa shape index (κ2) is 7.50. The van der Waals surface area contributed by atoms with E-state index in [1.54, 1.807) is 20.8 Å². The molecule has 0 bridgehead atoms. The molecule has 0 saturated heterocycles. The lowest BCUT2D eigenvalue weighted by Gasteiger charge is -2.23. The van der Waals surface area contributed by atoms with Gasteiger partial charge < -0.3 is 10.1 Å². The minimum absolute atomic E-state index is 0.0244. The van der Waals surface area contributed by atoms with Gasteiger partial charge in [-0.1, -0.05) is 11.6 Å². The average molecular weight is 377 g/mol. The smallest absolute Gasteiger partial charge is 0.338 e. The molecule has 1 aromatic carbocycles. The molecule has 0 spiro atoms. The quantitative estimate of drug-likeness (QED) is 0.762. The normalized spacial score (nSPS) is 13.2. The van der Waals surface area contributed by atoms with E-state index in [1.165, 1.54) is 26.1 Å². The van der Waals surface area contributed by atoms with E-state index in [1.807, 2.05) is 0 Å². The van der Waals surface area contributed by atoms with Crippen LogP contribution in [-0.4, -0.2) is 39.0 Å². The molecular formula is C15H21ClN2O5S. The van der Waals surface area contributed by atoms with Crippen LogP contribution < -0.4 is 10.0 Å². The second-order valence-corrected chi connectivity index (χ2v) is 8.40. The summed E-state index contributed by atoms with van der Waals surface area (Å²) in [6, 6.07) is 3.71. The molecule has 7 nitrogen and oxygen atoms in total. The molecule has 134 valence electrons. The van der Waals surface area contributed by atoms with Crippen molar-refractivity contribution in [2.75, 3.05) is 7.05 Å². The van der Waals surface area contributed by atoms with Crippen molar-refractivity contribution in [1.29, 1.82) is 0 Å². The Labute approximate surface area is 146 Å². The number of ether oxygens (including phenoxy) is 1. The van der Waals surface area contributed by atoms with Crippen LogP contribution in [0.5, 0.6) is 0 Å². The summed E-state index contributed by atoms with van der Waals surface area (Å²) in [7, 11) is -2.59. The van der Waals surface area contributed by atoms with E-state index >= 15 is 0 Å². The third kappa shape index (κ3) is 5.47. The number of carbonyl (C=O) groups is 2. The van der Waals surface area contributed by atoms with Crippen molar-refractivity contribution in [3.8, 4) is 0 Å². The van der Waals surface area contributed by atoms with Gasteiger partial charge in [-0.2, -0.15) is 0 Å². The molecule has 1 atom stereocenters. The van der Waals surface area contributed by atoms with Crippen molar-refractivity contribution in [2.24, 2.45) is 0 Å². The summed E-state index contributed by atoms with van der Waals surface area (Å²) in [6.07, 6.45) is -1.03. The first-order chi connectivity index (χ1) is 10.9. The second-order valence-electron chi connectivity index (χ2n) is 6.14. The fourth-order valence-corrected chi connectivity index (χ4v) is 2.95. The van der Waals surface area contributed by atoms with Crippen molar-refractivity contribution < 1.29 is 22.7 Å². The Hall–Kier alpha value is -1.64. The summed E-state index contributed by atoms with van der Waals surface area (Å²) in [4.78, 5) is 23.8. The minimum Gasteiger partial charge on any atom is -0.449 e. The molecule has 2 N–H and O–H groups in total. The van der Waals surface area contributed by atoms with Crippen LogP contribution >= 0.6 is 11.6 Å². The van der Waals surface area contributed by atoms with Gasteiger partial charge in [-0.25, -0.2) is 17.9 Å². The lowest BCUT2D eigenvalue weighted by molar-refractivity contribution is -0.130. The molecule has 0 heterocycles. The number of sulfonamides is 1. The zero-order chi connectivity index (χ0) is 18.7. The van der Waals surface area contributed by atoms with Crippen molar-refractivity contribution in [3.63, 3.8) is 0 Å². The van der Waals surface area contributed by atoms with Gasteiger partial charge in [-0.15, -0.1) is 0 Å². The predicted octanol–water partition coefficient (Wildman–Crippen LogP) is 1.71. The van der Waals surface area contributed by atoms with E-state index in [2.05, 4.69) is 10.0 Å². The Morgan fingerprint density at radius 1 is 1.25 bits per heavy atom. The van der Waals surface area contributed by atoms with Crippen molar-refractivity contribution in [2.45, 2.75) is 44.2 Å². The van der Waals surface area contributed by atoms with Crippen LogP contribution in [0.1, 0.15) is 38.1 Å². The molecule has 1 aromatic rings. The van der Waals surface area contributed by atoms with Gasteiger partial charge in [-0.05, 0) is 52.9 Å². The van der Waals surface area contributed by atoms with E-state index in [4.69, 9.17) is 16.3 Å². The van der Waals surface area contributed by atoms with Crippen LogP contribution in [0.4, 0.5) is 0 Å². The molecule has 1 rings (SSSR count). The monoisotopic (exact) mass is 376 g/mol. The van der Waals surface area contributed by atoms with E-state index < -0.39 is 33.5 Å². The maximum Gasteiger partial charge on any atom is 0.338 e. The Balaban J connectivity index is 2.97. The zero-order valence-corrected chi connectivity index (χ0v) is 15.7. The highest BCUT2D eigenvalue weighted by molar-refractivity contribution is 7.89. The Bertz CT molecular complexity index is 741. The maximum atomic E-state index is 12.1. The van der Waals surface area contributed by atoms with E-state index in [9.17, 15) is 18.0 Å². The summed E-state index contributed by atoms with van der Waals surface area (Å²) >= 11 is 5.86. The third-order valence-corrected chi connectivity index (χ3v) is 4.77. The molecule has 0 unspecified atom stereocenters. The largest absolute Gasteiger partial charge is 0.449 e. The van der Waals surface area contributed by atoms with Gasteiger partial charge in [-0.3, -0.25) is 4.79 Å². The summed E-state index contributed by atoms with van der Waals surface area (Å²) in [6.45, 7) is 6.83.